The van der Waals surface area contributed by atoms with Crippen molar-refractivity contribution < 1.29 is 4.92 Å². The monoisotopic (exact) mass is 284 g/mol. The molecule has 0 heterocycles. The Bertz CT molecular complexity index is 430. The first-order valence-corrected chi connectivity index (χ1v) is 5.98. The van der Waals surface area contributed by atoms with Crippen molar-refractivity contribution in [3.63, 3.8) is 0 Å². The van der Waals surface area contributed by atoms with Gasteiger partial charge in [0, 0.05) is 16.1 Å². The standard InChI is InChI=1S/C11H13BrN2O2/c12-9-2-1-8(10(5-9)14(15)16)6-11(7-13)3-4-11/h1-2,5H,3-4,6-7,13H2. The third-order valence-corrected chi connectivity index (χ3v) is 3.69. The first-order valence-electron chi connectivity index (χ1n) is 5.19. The highest BCUT2D eigenvalue weighted by Crippen LogP contribution is 2.48. The molecule has 86 valence electrons. The SMILES string of the molecule is NCC1(Cc2ccc(Br)cc2[N+](=O)[O-])CC1. The molecule has 4 nitrogen and oxygen atoms in total. The summed E-state index contributed by atoms with van der Waals surface area (Å²) >= 11 is 3.25. The number of hydrogen-bond acceptors (Lipinski definition) is 3. The average molecular weight is 285 g/mol. The summed E-state index contributed by atoms with van der Waals surface area (Å²) < 4.78 is 0.737. The zero-order valence-corrected chi connectivity index (χ0v) is 10.4. The largest absolute Gasteiger partial charge is 0.330 e. The summed E-state index contributed by atoms with van der Waals surface area (Å²) in [6.07, 6.45) is 2.88. The van der Waals surface area contributed by atoms with Crippen molar-refractivity contribution in [2.75, 3.05) is 6.54 Å². The van der Waals surface area contributed by atoms with Crippen LogP contribution in [0.25, 0.3) is 0 Å². The summed E-state index contributed by atoms with van der Waals surface area (Å²) in [6, 6.07) is 5.22. The molecule has 2 N–H and O–H groups in total. The van der Waals surface area contributed by atoms with E-state index in [-0.39, 0.29) is 16.0 Å². The summed E-state index contributed by atoms with van der Waals surface area (Å²) in [5.74, 6) is 0. The number of hydrogen-bond donors (Lipinski definition) is 1. The van der Waals surface area contributed by atoms with E-state index in [1.54, 1.807) is 6.07 Å². The molecule has 0 aliphatic heterocycles. The van der Waals surface area contributed by atoms with Crippen molar-refractivity contribution in [2.24, 2.45) is 11.1 Å². The lowest BCUT2D eigenvalue weighted by Crippen LogP contribution is -2.18. The second-order valence-corrected chi connectivity index (χ2v) is 5.33. The molecule has 0 amide bonds. The zero-order valence-electron chi connectivity index (χ0n) is 8.78. The van der Waals surface area contributed by atoms with Gasteiger partial charge in [-0.1, -0.05) is 22.0 Å². The first kappa shape index (κ1) is 11.5. The van der Waals surface area contributed by atoms with E-state index in [9.17, 15) is 10.1 Å². The second kappa shape index (κ2) is 4.14. The molecule has 1 aliphatic rings. The molecule has 5 heteroatoms. The molecule has 0 atom stereocenters. The second-order valence-electron chi connectivity index (χ2n) is 4.41. The average Bonchev–Trinajstić information content (AvgIpc) is 3.01. The lowest BCUT2D eigenvalue weighted by molar-refractivity contribution is -0.385. The number of rotatable bonds is 4. The number of halogens is 1. The summed E-state index contributed by atoms with van der Waals surface area (Å²) in [5, 5.41) is 10.9. The van der Waals surface area contributed by atoms with Crippen LogP contribution in [-0.2, 0) is 6.42 Å². The van der Waals surface area contributed by atoms with Crippen molar-refractivity contribution in [3.05, 3.63) is 38.3 Å². The maximum atomic E-state index is 10.9. The maximum Gasteiger partial charge on any atom is 0.273 e. The first-order chi connectivity index (χ1) is 7.56. The number of nitrogens with zero attached hydrogens (tertiary/aromatic N) is 1. The molecule has 2 rings (SSSR count). The lowest BCUT2D eigenvalue weighted by atomic mass is 9.95. The molecule has 0 radical (unpaired) electrons. The van der Waals surface area contributed by atoms with Gasteiger partial charge in [-0.3, -0.25) is 10.1 Å². The Labute approximate surface area is 102 Å². The molecular formula is C11H13BrN2O2. The molecule has 1 saturated carbocycles. The van der Waals surface area contributed by atoms with Crippen molar-refractivity contribution in [2.45, 2.75) is 19.3 Å². The number of nitro groups is 1. The van der Waals surface area contributed by atoms with Crippen LogP contribution >= 0.6 is 15.9 Å². The molecule has 1 fully saturated rings. The third kappa shape index (κ3) is 2.25. The topological polar surface area (TPSA) is 69.2 Å². The summed E-state index contributed by atoms with van der Waals surface area (Å²) in [6.45, 7) is 0.611. The highest BCUT2D eigenvalue weighted by atomic mass is 79.9. The molecule has 0 bridgehead atoms. The lowest BCUT2D eigenvalue weighted by Gasteiger charge is -2.12. The van der Waals surface area contributed by atoms with Gasteiger partial charge in [0.15, 0.2) is 0 Å². The summed E-state index contributed by atoms with van der Waals surface area (Å²) in [4.78, 5) is 10.6. The minimum atomic E-state index is -0.327. The van der Waals surface area contributed by atoms with Crippen LogP contribution in [-0.4, -0.2) is 11.5 Å². The van der Waals surface area contributed by atoms with Crippen LogP contribution in [0.1, 0.15) is 18.4 Å². The van der Waals surface area contributed by atoms with Gasteiger partial charge in [0.25, 0.3) is 5.69 Å². The minimum absolute atomic E-state index is 0.124. The van der Waals surface area contributed by atoms with Crippen molar-refractivity contribution in [3.8, 4) is 0 Å². The summed E-state index contributed by atoms with van der Waals surface area (Å²) in [7, 11) is 0. The van der Waals surface area contributed by atoms with Crippen LogP contribution < -0.4 is 5.73 Å². The quantitative estimate of drug-likeness (QED) is 0.683. The predicted molar refractivity (Wildman–Crippen MR) is 65.2 cm³/mol. The van der Waals surface area contributed by atoms with Gasteiger partial charge >= 0.3 is 0 Å². The van der Waals surface area contributed by atoms with Crippen LogP contribution in [0.5, 0.6) is 0 Å². The van der Waals surface area contributed by atoms with E-state index < -0.39 is 0 Å². The third-order valence-electron chi connectivity index (χ3n) is 3.20. The fraction of sp³-hybridized carbons (Fsp3) is 0.455. The van der Waals surface area contributed by atoms with E-state index in [1.165, 1.54) is 0 Å². The van der Waals surface area contributed by atoms with E-state index in [0.29, 0.717) is 13.0 Å². The van der Waals surface area contributed by atoms with Gasteiger partial charge in [0.05, 0.1) is 4.92 Å². The normalized spacial score (nSPS) is 17.1. The molecule has 16 heavy (non-hydrogen) atoms. The van der Waals surface area contributed by atoms with Crippen molar-refractivity contribution >= 4 is 21.6 Å². The zero-order chi connectivity index (χ0) is 11.8. The minimum Gasteiger partial charge on any atom is -0.330 e. The van der Waals surface area contributed by atoms with Crippen LogP contribution in [0, 0.1) is 15.5 Å². The van der Waals surface area contributed by atoms with E-state index in [0.717, 1.165) is 22.9 Å². The Morgan fingerprint density at radius 3 is 2.69 bits per heavy atom. The highest BCUT2D eigenvalue weighted by Gasteiger charge is 2.42. The Morgan fingerprint density at radius 2 is 2.19 bits per heavy atom. The smallest absolute Gasteiger partial charge is 0.273 e. The Kier molecular flexibility index (Phi) is 2.99. The Hall–Kier alpha value is -0.940. The van der Waals surface area contributed by atoms with E-state index in [2.05, 4.69) is 15.9 Å². The van der Waals surface area contributed by atoms with Crippen LogP contribution in [0.3, 0.4) is 0 Å². The van der Waals surface area contributed by atoms with Gasteiger partial charge in [-0.05, 0) is 37.3 Å². The molecule has 1 aliphatic carbocycles. The maximum absolute atomic E-state index is 10.9. The molecule has 1 aromatic rings. The molecule has 0 unspecified atom stereocenters. The molecule has 1 aromatic carbocycles. The van der Waals surface area contributed by atoms with Crippen molar-refractivity contribution in [1.29, 1.82) is 0 Å². The number of nitro benzene ring substituents is 1. The van der Waals surface area contributed by atoms with Crippen molar-refractivity contribution in [1.82, 2.24) is 0 Å². The van der Waals surface area contributed by atoms with Gasteiger partial charge in [-0.15, -0.1) is 0 Å². The van der Waals surface area contributed by atoms with Gasteiger partial charge < -0.3 is 5.73 Å². The molecular weight excluding hydrogens is 272 g/mol. The number of benzene rings is 1. The molecule has 0 aromatic heterocycles. The van der Waals surface area contributed by atoms with Gasteiger partial charge in [-0.25, -0.2) is 0 Å². The van der Waals surface area contributed by atoms with Crippen LogP contribution in [0.15, 0.2) is 22.7 Å². The predicted octanol–water partition coefficient (Wildman–Crippen LogP) is 2.64. The van der Waals surface area contributed by atoms with Gasteiger partial charge in [0.2, 0.25) is 0 Å². The Balaban J connectivity index is 2.29. The van der Waals surface area contributed by atoms with E-state index in [1.807, 2.05) is 12.1 Å². The number of nitrogens with two attached hydrogens (primary N) is 1. The Morgan fingerprint density at radius 1 is 1.50 bits per heavy atom. The summed E-state index contributed by atoms with van der Waals surface area (Å²) in [5.41, 5.74) is 6.79. The fourth-order valence-corrected chi connectivity index (χ4v) is 2.24. The molecule has 0 saturated heterocycles. The van der Waals surface area contributed by atoms with Gasteiger partial charge in [0.1, 0.15) is 0 Å². The highest BCUT2D eigenvalue weighted by molar-refractivity contribution is 9.10. The fourth-order valence-electron chi connectivity index (χ4n) is 1.89. The van der Waals surface area contributed by atoms with E-state index in [4.69, 9.17) is 5.73 Å². The van der Waals surface area contributed by atoms with E-state index >= 15 is 0 Å². The van der Waals surface area contributed by atoms with Crippen LogP contribution in [0.2, 0.25) is 0 Å². The van der Waals surface area contributed by atoms with Crippen LogP contribution in [0.4, 0.5) is 5.69 Å². The van der Waals surface area contributed by atoms with Gasteiger partial charge in [-0.2, -0.15) is 0 Å². The molecule has 0 spiro atoms.